The fourth-order valence-corrected chi connectivity index (χ4v) is 2.04. The second-order valence-electron chi connectivity index (χ2n) is 3.93. The molecule has 0 saturated carbocycles. The molecule has 0 spiro atoms. The van der Waals surface area contributed by atoms with Crippen molar-refractivity contribution in [1.82, 2.24) is 14.8 Å². The van der Waals surface area contributed by atoms with Gasteiger partial charge < -0.3 is 4.74 Å². The number of nitrogens with zero attached hydrogens (tertiary/aromatic N) is 2. The summed E-state index contributed by atoms with van der Waals surface area (Å²) in [6.07, 6.45) is 1.67. The van der Waals surface area contributed by atoms with Crippen LogP contribution < -0.4 is 4.74 Å². The van der Waals surface area contributed by atoms with Crippen molar-refractivity contribution < 1.29 is 4.74 Å². The third-order valence-corrected chi connectivity index (χ3v) is 3.01. The molecule has 0 amide bonds. The monoisotopic (exact) mass is 257 g/mol. The minimum absolute atomic E-state index is 0.477. The number of methoxy groups -OCH3 is 1. The van der Waals surface area contributed by atoms with E-state index in [2.05, 4.69) is 16.1 Å². The highest BCUT2D eigenvalue weighted by molar-refractivity contribution is 7.71. The smallest absolute Gasteiger partial charge is 0.213 e. The SMILES string of the molecule is COc1ccc2cc(-n3cnc(=S)[nH]3)ccc2c1. The van der Waals surface area contributed by atoms with E-state index in [1.165, 1.54) is 0 Å². The van der Waals surface area contributed by atoms with E-state index in [1.54, 1.807) is 18.1 Å². The summed E-state index contributed by atoms with van der Waals surface area (Å²) < 4.78 is 7.48. The average Bonchev–Trinajstić information content (AvgIpc) is 2.84. The standard InChI is InChI=1S/C13H11N3OS/c1-17-12-5-3-9-6-11(4-2-10(9)7-12)16-8-14-13(18)15-16/h2-8H,1H3,(H,15,18). The maximum Gasteiger partial charge on any atom is 0.213 e. The van der Waals surface area contributed by atoms with Gasteiger partial charge in [0, 0.05) is 0 Å². The van der Waals surface area contributed by atoms with Crippen LogP contribution in [0.2, 0.25) is 0 Å². The second kappa shape index (κ2) is 4.27. The summed E-state index contributed by atoms with van der Waals surface area (Å²) in [4.78, 5) is 4.00. The number of fused-ring (bicyclic) bond motifs is 1. The first-order valence-electron chi connectivity index (χ1n) is 5.48. The van der Waals surface area contributed by atoms with Gasteiger partial charge in [-0.1, -0.05) is 12.1 Å². The quantitative estimate of drug-likeness (QED) is 0.717. The van der Waals surface area contributed by atoms with Gasteiger partial charge in [-0.05, 0) is 47.3 Å². The van der Waals surface area contributed by atoms with Crippen LogP contribution in [0.25, 0.3) is 16.5 Å². The van der Waals surface area contributed by atoms with Gasteiger partial charge in [0.05, 0.1) is 12.8 Å². The summed E-state index contributed by atoms with van der Waals surface area (Å²) in [7, 11) is 1.67. The van der Waals surface area contributed by atoms with E-state index in [0.717, 1.165) is 22.2 Å². The van der Waals surface area contributed by atoms with Gasteiger partial charge in [0.25, 0.3) is 0 Å². The molecule has 1 heterocycles. The molecule has 1 aromatic heterocycles. The highest BCUT2D eigenvalue weighted by atomic mass is 32.1. The lowest BCUT2D eigenvalue weighted by molar-refractivity contribution is 0.415. The van der Waals surface area contributed by atoms with Crippen LogP contribution in [0.5, 0.6) is 5.75 Å². The number of aromatic nitrogens is 3. The zero-order valence-electron chi connectivity index (χ0n) is 9.75. The fraction of sp³-hybridized carbons (Fsp3) is 0.0769. The highest BCUT2D eigenvalue weighted by Crippen LogP contribution is 2.22. The maximum atomic E-state index is 5.21. The zero-order chi connectivity index (χ0) is 12.5. The predicted molar refractivity (Wildman–Crippen MR) is 72.8 cm³/mol. The minimum atomic E-state index is 0.477. The van der Waals surface area contributed by atoms with Crippen molar-refractivity contribution in [1.29, 1.82) is 0 Å². The van der Waals surface area contributed by atoms with Gasteiger partial charge in [-0.3, -0.25) is 5.10 Å². The van der Waals surface area contributed by atoms with E-state index in [0.29, 0.717) is 4.77 Å². The van der Waals surface area contributed by atoms with Gasteiger partial charge in [0.2, 0.25) is 4.77 Å². The molecule has 2 aromatic carbocycles. The molecule has 18 heavy (non-hydrogen) atoms. The van der Waals surface area contributed by atoms with Gasteiger partial charge in [0.15, 0.2) is 0 Å². The van der Waals surface area contributed by atoms with Gasteiger partial charge in [-0.15, -0.1) is 0 Å². The first kappa shape index (κ1) is 11.0. The molecule has 5 heteroatoms. The molecule has 0 aliphatic rings. The Kier molecular flexibility index (Phi) is 2.60. The van der Waals surface area contributed by atoms with Gasteiger partial charge >= 0.3 is 0 Å². The molecule has 0 radical (unpaired) electrons. The summed E-state index contributed by atoms with van der Waals surface area (Å²) in [6, 6.07) is 12.1. The summed E-state index contributed by atoms with van der Waals surface area (Å²) in [6.45, 7) is 0. The number of hydrogen-bond donors (Lipinski definition) is 1. The second-order valence-corrected chi connectivity index (χ2v) is 4.32. The summed E-state index contributed by atoms with van der Waals surface area (Å²) in [5.74, 6) is 0.859. The van der Waals surface area contributed by atoms with Crippen molar-refractivity contribution in [2.24, 2.45) is 0 Å². The Morgan fingerprint density at radius 3 is 2.67 bits per heavy atom. The lowest BCUT2D eigenvalue weighted by atomic mass is 10.1. The van der Waals surface area contributed by atoms with Crippen molar-refractivity contribution in [2.75, 3.05) is 7.11 Å². The number of H-pyrrole nitrogens is 1. The first-order chi connectivity index (χ1) is 8.76. The summed E-state index contributed by atoms with van der Waals surface area (Å²) >= 11 is 4.96. The Labute approximate surface area is 109 Å². The van der Waals surface area contributed by atoms with Crippen LogP contribution >= 0.6 is 12.2 Å². The lowest BCUT2D eigenvalue weighted by Gasteiger charge is -2.05. The molecule has 0 saturated heterocycles. The number of benzene rings is 2. The Morgan fingerprint density at radius 1 is 1.17 bits per heavy atom. The number of ether oxygens (including phenoxy) is 1. The van der Waals surface area contributed by atoms with Crippen LogP contribution in [0.3, 0.4) is 0 Å². The van der Waals surface area contributed by atoms with E-state index in [9.17, 15) is 0 Å². The Morgan fingerprint density at radius 2 is 1.94 bits per heavy atom. The van der Waals surface area contributed by atoms with Gasteiger partial charge in [-0.2, -0.15) is 0 Å². The fourth-order valence-electron chi connectivity index (χ4n) is 1.89. The normalized spacial score (nSPS) is 10.7. The van der Waals surface area contributed by atoms with Crippen LogP contribution in [0, 0.1) is 4.77 Å². The largest absolute Gasteiger partial charge is 0.497 e. The van der Waals surface area contributed by atoms with Crippen molar-refractivity contribution in [2.45, 2.75) is 0 Å². The van der Waals surface area contributed by atoms with E-state index in [1.807, 2.05) is 30.3 Å². The molecule has 0 aliphatic heterocycles. The third-order valence-electron chi connectivity index (χ3n) is 2.82. The van der Waals surface area contributed by atoms with Crippen LogP contribution in [-0.4, -0.2) is 21.9 Å². The topological polar surface area (TPSA) is 42.8 Å². The number of aromatic amines is 1. The van der Waals surface area contributed by atoms with Crippen LogP contribution in [0.1, 0.15) is 0 Å². The van der Waals surface area contributed by atoms with E-state index < -0.39 is 0 Å². The summed E-state index contributed by atoms with van der Waals surface area (Å²) in [5.41, 5.74) is 0.997. The molecule has 3 aromatic rings. The number of rotatable bonds is 2. The molecule has 0 aliphatic carbocycles. The van der Waals surface area contributed by atoms with Crippen LogP contribution in [0.15, 0.2) is 42.7 Å². The predicted octanol–water partition coefficient (Wildman–Crippen LogP) is 3.09. The molecule has 0 bridgehead atoms. The van der Waals surface area contributed by atoms with Crippen LogP contribution in [0.4, 0.5) is 0 Å². The minimum Gasteiger partial charge on any atom is -0.497 e. The Hall–Kier alpha value is -2.14. The van der Waals surface area contributed by atoms with Crippen molar-refractivity contribution in [3.63, 3.8) is 0 Å². The Balaban J connectivity index is 2.14. The molecular weight excluding hydrogens is 246 g/mol. The van der Waals surface area contributed by atoms with Crippen molar-refractivity contribution in [3.05, 3.63) is 47.5 Å². The van der Waals surface area contributed by atoms with Crippen LogP contribution in [-0.2, 0) is 0 Å². The van der Waals surface area contributed by atoms with Crippen molar-refractivity contribution in [3.8, 4) is 11.4 Å². The van der Waals surface area contributed by atoms with Gasteiger partial charge in [0.1, 0.15) is 12.1 Å². The molecule has 3 rings (SSSR count). The van der Waals surface area contributed by atoms with E-state index in [4.69, 9.17) is 17.0 Å². The molecule has 90 valence electrons. The molecule has 0 atom stereocenters. The third kappa shape index (κ3) is 1.89. The molecular formula is C13H11N3OS. The maximum absolute atomic E-state index is 5.21. The van der Waals surface area contributed by atoms with Crippen molar-refractivity contribution >= 4 is 23.0 Å². The zero-order valence-corrected chi connectivity index (χ0v) is 10.6. The first-order valence-corrected chi connectivity index (χ1v) is 5.89. The van der Waals surface area contributed by atoms with E-state index in [-0.39, 0.29) is 0 Å². The van der Waals surface area contributed by atoms with Gasteiger partial charge in [-0.25, -0.2) is 9.67 Å². The highest BCUT2D eigenvalue weighted by Gasteiger charge is 2.00. The molecule has 1 N–H and O–H groups in total. The molecule has 4 nitrogen and oxygen atoms in total. The number of hydrogen-bond acceptors (Lipinski definition) is 3. The number of nitrogens with one attached hydrogen (secondary N) is 1. The molecule has 0 unspecified atom stereocenters. The average molecular weight is 257 g/mol. The lowest BCUT2D eigenvalue weighted by Crippen LogP contribution is -1.94. The molecule has 0 fully saturated rings. The summed E-state index contributed by atoms with van der Waals surface area (Å²) in [5, 5.41) is 5.25. The Bertz CT molecular complexity index is 760. The van der Waals surface area contributed by atoms with E-state index >= 15 is 0 Å².